The molecule has 1 aliphatic heterocycles. The van der Waals surface area contributed by atoms with Crippen LogP contribution >= 0.6 is 98.4 Å². The number of alkyl halides is 1. The number of hydrogen-bond donors (Lipinski definition) is 7. The largest absolute Gasteiger partial charge is 1.00 e. The van der Waals surface area contributed by atoms with Crippen LogP contribution in [0.4, 0.5) is 0 Å². The van der Waals surface area contributed by atoms with Crippen LogP contribution in [-0.4, -0.2) is 199 Å². The summed E-state index contributed by atoms with van der Waals surface area (Å²) in [5.74, 6) is -1.62. The van der Waals surface area contributed by atoms with Crippen LogP contribution in [-0.2, 0) is 107 Å². The summed E-state index contributed by atoms with van der Waals surface area (Å²) in [7, 11) is -9.16. The van der Waals surface area contributed by atoms with Gasteiger partial charge in [0.15, 0.2) is 22.6 Å². The third-order valence-corrected chi connectivity index (χ3v) is 29.3. The third-order valence-electron chi connectivity index (χ3n) is 20.1. The molecule has 0 amide bonds. The Morgan fingerprint density at radius 1 is 0.541 bits per heavy atom. The van der Waals surface area contributed by atoms with Crippen molar-refractivity contribution in [3.63, 3.8) is 0 Å². The number of aliphatic hydroxyl groups is 1. The minimum atomic E-state index is -3.86. The van der Waals surface area contributed by atoms with Crippen LogP contribution in [0, 0.1) is 33.6 Å². The number of nitrogens with zero attached hydrogens (tertiary/aromatic N) is 8. The van der Waals surface area contributed by atoms with Gasteiger partial charge in [-0.1, -0.05) is 185 Å². The number of esters is 2. The molecule has 1 fully saturated rings. The van der Waals surface area contributed by atoms with Gasteiger partial charge in [0.2, 0.25) is 0 Å². The zero-order chi connectivity index (χ0) is 105. The summed E-state index contributed by atoms with van der Waals surface area (Å²) in [6, 6.07) is 58.2. The van der Waals surface area contributed by atoms with Crippen molar-refractivity contribution in [2.45, 2.75) is 126 Å². The van der Waals surface area contributed by atoms with Crippen molar-refractivity contribution in [3.05, 3.63) is 328 Å². The predicted octanol–water partition coefficient (Wildman–Crippen LogP) is 11.7. The first-order valence-corrected chi connectivity index (χ1v) is 53.8. The summed E-state index contributed by atoms with van der Waals surface area (Å²) in [6.07, 6.45) is 9.18. The second kappa shape index (κ2) is 62.3. The van der Waals surface area contributed by atoms with Gasteiger partial charge in [-0.3, -0.25) is 9.59 Å². The minimum absolute atomic E-state index is 0. The number of halogens is 7. The van der Waals surface area contributed by atoms with Gasteiger partial charge in [-0.15, -0.1) is 12.4 Å². The summed E-state index contributed by atoms with van der Waals surface area (Å²) < 4.78 is 131. The molecule has 1 aliphatic carbocycles. The van der Waals surface area contributed by atoms with Crippen molar-refractivity contribution in [2.75, 3.05) is 53.2 Å². The number of fused-ring (bicyclic) bond motifs is 4. The van der Waals surface area contributed by atoms with Crippen molar-refractivity contribution in [1.82, 2.24) is 36.8 Å². The van der Waals surface area contributed by atoms with Gasteiger partial charge in [0.1, 0.15) is 29.4 Å². The van der Waals surface area contributed by atoms with Crippen molar-refractivity contribution in [1.29, 1.82) is 0 Å². The van der Waals surface area contributed by atoms with Gasteiger partial charge in [0.25, 0.3) is 39.1 Å². The predicted molar refractivity (Wildman–Crippen MR) is 576 cm³/mol. The van der Waals surface area contributed by atoms with E-state index in [0.29, 0.717) is 100 Å². The number of aryl methyl sites for hydroxylation is 4. The van der Waals surface area contributed by atoms with E-state index in [1.54, 1.807) is 172 Å². The zero-order valence-electron chi connectivity index (χ0n) is 83.7. The standard InChI is InChI=1S/C25H23BrN2O5S.C15H11BrN2O4S.C15H13BrN2O3S.C10H12O3.C9H6BrNO2.C7H10BNO2.C7H7ClO2S.C6H13ClO.C5H11NO.B.ClH.2Na.2H/c1-3-32-24(29)14-18-6-4-5-7-23(18)33-16-19-15-22(26)21-12-13-28(25(21)27-19)34(30,31)20-10-8-17(2)9-11-20;1-9-2-4-10(5-3-9)23(21,22)18-7-6-11-12(16)8-13(15(19)20)17-14(11)18;1-10-2-4-12(5-3-10)22(20,21)18-7-6-13-14(16)8-11(9-19)17-15(13)18;1-2-13-10(12)7-8-5-3-4-6-9(8)11;10-6-4-8(9(12)13)11-7-3-1-2-5(6)7;9-5-6-2-1-3-7(4-6)8(10)11;1-6-2-4-7(5-3-6)11(8,9)10;1-5(2)4-8-6(3)7;1-6-2-4-7-5-3-6;;;;;;/h4-13,15H,3,14,16H2,1-2H3;2-8H,1H3,(H,19,20);2-8,19H,9H2,1H3;3-6,11H,2,7H2,1H3;1-2,4H,3H2,(H,12,13);1-4,10-11H,5,9H2;2-5H,1H3;5-6H,4H2,1-3H3;2-5H2,1H3;;1H;;;;/q;;;;;;;;;;;2*+1;2*-1. The molecule has 32 nitrogen and oxygen atoms in total. The Balaban J connectivity index is 0.000000584. The Kier molecular flexibility index (Phi) is 55.3. The zero-order valence-corrected chi connectivity index (χ0v) is 97.6. The van der Waals surface area contributed by atoms with Crippen LogP contribution in [0.2, 0.25) is 0 Å². The summed E-state index contributed by atoms with van der Waals surface area (Å²) in [5, 5.41) is 55.8. The fraction of sp³-hybridized carbons (Fsp3) is 0.253. The number of carbonyl (C=O) groups excluding carboxylic acids is 2. The maximum Gasteiger partial charge on any atom is 1.00 e. The molecular formula is C99H109B2Br4Cl3N9Na2O23S4. The van der Waals surface area contributed by atoms with E-state index in [1.165, 1.54) is 59.0 Å². The van der Waals surface area contributed by atoms with Gasteiger partial charge in [-0.2, -0.15) is 0 Å². The number of aliphatic hydroxyl groups excluding tert-OH is 1. The first-order valence-electron chi connectivity index (χ1n) is 43.6. The molecule has 8 heterocycles. The Labute approximate surface area is 948 Å². The molecule has 3 radical (unpaired) electrons. The molecule has 0 bridgehead atoms. The van der Waals surface area contributed by atoms with Crippen molar-refractivity contribution in [3.8, 4) is 11.5 Å². The fourth-order valence-corrected chi connectivity index (χ4v) is 19.7. The SMILES string of the molecule is CC(C)COC(C)Cl.CCOC(=O)Cc1ccccc1O.CCOC(=O)Cc1ccccc1OCc1cc(Br)c2ccn(S(=O)(=O)c3ccc(C)cc3)c2n1.CN1CCOCC1.Cc1ccc(S(=O)(=O)Cl)cc1.Cc1ccc(S(=O)(=O)n2ccc3c(Br)cc(C(=O)O)nc32)cc1.Cc1ccc(S(=O)(=O)n2ccc3c(Br)cc(CO)nc32)cc1.Cl.NCc1cccc(B(O)O)c1.O=C(O)c1cc(Br)c2c(n1)CC=C2.[B].[H-].[H-].[Na+].[Na+]. The molecule has 8 N–H and O–H groups in total. The van der Waals surface area contributed by atoms with E-state index in [-0.39, 0.29) is 169 Å². The second-order valence-electron chi connectivity index (χ2n) is 31.7. The number of phenolic OH excluding ortho intramolecular Hbond substituents is 1. The van der Waals surface area contributed by atoms with E-state index in [2.05, 4.69) is 109 Å². The number of aromatic carboxylic acids is 2. The number of carboxylic acid groups (broad SMARTS) is 2. The number of ether oxygens (including phenoxy) is 5. The summed E-state index contributed by atoms with van der Waals surface area (Å²) in [4.78, 5) is 64.4. The molecule has 7 aromatic heterocycles. The number of pyridine rings is 4. The Hall–Kier alpha value is -8.58. The van der Waals surface area contributed by atoms with E-state index in [9.17, 15) is 63.1 Å². The first kappa shape index (κ1) is 130. The molecular weight excluding hydrogens is 2300 g/mol. The molecule has 7 aromatic carbocycles. The molecule has 1 unspecified atom stereocenters. The Morgan fingerprint density at radius 3 is 1.34 bits per heavy atom. The van der Waals surface area contributed by atoms with E-state index in [0.717, 1.165) is 90.8 Å². The minimum Gasteiger partial charge on any atom is -1.00 e. The molecule has 0 saturated carbocycles. The molecule has 2 aliphatic rings. The van der Waals surface area contributed by atoms with Crippen LogP contribution in [0.1, 0.15) is 120 Å². The van der Waals surface area contributed by atoms with E-state index < -0.39 is 58.2 Å². The molecule has 146 heavy (non-hydrogen) atoms. The summed E-state index contributed by atoms with van der Waals surface area (Å²) in [5.41, 5.74) is 15.1. The van der Waals surface area contributed by atoms with Crippen LogP contribution in [0.15, 0.2) is 274 Å². The number of morpholine rings is 1. The van der Waals surface area contributed by atoms with Crippen LogP contribution < -0.4 is 75.0 Å². The van der Waals surface area contributed by atoms with Gasteiger partial charge in [0.05, 0.1) is 89.1 Å². The molecule has 14 aromatic rings. The number of rotatable bonds is 24. The van der Waals surface area contributed by atoms with Gasteiger partial charge in [-0.05, 0) is 223 Å². The summed E-state index contributed by atoms with van der Waals surface area (Å²) >= 11 is 19.0. The van der Waals surface area contributed by atoms with Gasteiger partial charge in [-0.25, -0.2) is 75.1 Å². The molecule has 47 heteroatoms. The average Bonchev–Trinajstić information content (AvgIpc) is 1.61. The topological polar surface area (TPSA) is 468 Å². The second-order valence-corrected chi connectivity index (χ2v) is 43.7. The van der Waals surface area contributed by atoms with Crippen molar-refractivity contribution < 1.29 is 169 Å². The molecule has 1 saturated heterocycles. The van der Waals surface area contributed by atoms with Crippen molar-refractivity contribution in [2.24, 2.45) is 11.7 Å². The number of carboxylic acids is 2. The van der Waals surface area contributed by atoms with Gasteiger partial charge < -0.3 is 67.6 Å². The fourth-order valence-electron chi connectivity index (χ4n) is 12.8. The number of aromatic hydroxyl groups is 1. The number of allylic oxidation sites excluding steroid dienone is 1. The molecule has 1 atom stereocenters. The van der Waals surface area contributed by atoms with E-state index in [4.69, 9.17) is 72.0 Å². The molecule has 0 spiro atoms. The van der Waals surface area contributed by atoms with Gasteiger partial charge >= 0.3 is 90.1 Å². The number of phenols is 1. The Bertz CT molecular complexity index is 7220. The maximum absolute atomic E-state index is 13.3. The molecule has 16 rings (SSSR count). The number of nitrogens with two attached hydrogens (primary N) is 1. The molecule has 769 valence electrons. The van der Waals surface area contributed by atoms with Crippen LogP contribution in [0.25, 0.3) is 39.2 Å². The first-order chi connectivity index (χ1) is 67.2. The Morgan fingerprint density at radius 2 is 0.945 bits per heavy atom. The van der Waals surface area contributed by atoms with Crippen LogP contribution in [0.5, 0.6) is 11.5 Å². The monoisotopic (exact) mass is 2410 g/mol. The van der Waals surface area contributed by atoms with E-state index >= 15 is 0 Å². The summed E-state index contributed by atoms with van der Waals surface area (Å²) in [6.45, 7) is 22.8. The van der Waals surface area contributed by atoms with Crippen molar-refractivity contribution >= 4 is 222 Å². The van der Waals surface area contributed by atoms with Crippen LogP contribution in [0.3, 0.4) is 0 Å². The normalized spacial score (nSPS) is 12.0. The number of aromatic nitrogens is 7. The number of likely N-dealkylation sites (N-methyl/N-ethyl adjacent to an activating group) is 1. The quantitative estimate of drug-likeness (QED) is 0.0128. The smallest absolute Gasteiger partial charge is 1.00 e. The average molecular weight is 2410 g/mol. The third kappa shape index (κ3) is 39.0. The number of hydrogen-bond acceptors (Lipinski definition) is 27. The number of benzene rings is 7. The van der Waals surface area contributed by atoms with E-state index in [1.807, 2.05) is 65.0 Å². The number of carbonyl (C=O) groups is 4. The maximum atomic E-state index is 13.3. The van der Waals surface area contributed by atoms with Gasteiger partial charge in [0, 0.05) is 114 Å². The number of para-hydroxylation sites is 2.